The SMILES string of the molecule is CCNC(=O)[C@H](CC)N(Cc1ccc(Cl)cc1Cl)C(=O)CCc1cccc2ccccc12. The van der Waals surface area contributed by atoms with Crippen LogP contribution in [-0.4, -0.2) is 29.3 Å². The summed E-state index contributed by atoms with van der Waals surface area (Å²) < 4.78 is 0. The van der Waals surface area contributed by atoms with Crippen LogP contribution in [0.5, 0.6) is 0 Å². The summed E-state index contributed by atoms with van der Waals surface area (Å²) in [7, 11) is 0. The molecule has 0 aromatic heterocycles. The van der Waals surface area contributed by atoms with Crippen molar-refractivity contribution in [1.29, 1.82) is 0 Å². The smallest absolute Gasteiger partial charge is 0.242 e. The Hall–Kier alpha value is -2.56. The fourth-order valence-corrected chi connectivity index (χ4v) is 4.41. The topological polar surface area (TPSA) is 49.4 Å². The summed E-state index contributed by atoms with van der Waals surface area (Å²) in [6.45, 7) is 4.54. The van der Waals surface area contributed by atoms with Crippen LogP contribution in [-0.2, 0) is 22.6 Å². The van der Waals surface area contributed by atoms with Crippen molar-refractivity contribution in [2.24, 2.45) is 0 Å². The van der Waals surface area contributed by atoms with E-state index in [9.17, 15) is 9.59 Å². The van der Waals surface area contributed by atoms with E-state index in [2.05, 4.69) is 29.6 Å². The van der Waals surface area contributed by atoms with Gasteiger partial charge in [0.15, 0.2) is 0 Å². The molecule has 0 fully saturated rings. The summed E-state index contributed by atoms with van der Waals surface area (Å²) in [6.07, 6.45) is 1.41. The van der Waals surface area contributed by atoms with E-state index < -0.39 is 6.04 Å². The van der Waals surface area contributed by atoms with Gasteiger partial charge in [0, 0.05) is 29.6 Å². The van der Waals surface area contributed by atoms with Gasteiger partial charge in [0.2, 0.25) is 11.8 Å². The van der Waals surface area contributed by atoms with E-state index in [1.807, 2.05) is 32.0 Å². The highest BCUT2D eigenvalue weighted by Gasteiger charge is 2.28. The second kappa shape index (κ2) is 11.3. The first-order valence-electron chi connectivity index (χ1n) is 10.9. The summed E-state index contributed by atoms with van der Waals surface area (Å²) in [4.78, 5) is 27.8. The molecular weight excluding hydrogens is 443 g/mol. The van der Waals surface area contributed by atoms with Gasteiger partial charge in [-0.2, -0.15) is 0 Å². The second-order valence-electron chi connectivity index (χ2n) is 7.71. The third-order valence-corrected chi connectivity index (χ3v) is 6.17. The highest BCUT2D eigenvalue weighted by molar-refractivity contribution is 6.35. The lowest BCUT2D eigenvalue weighted by Gasteiger charge is -2.31. The minimum Gasteiger partial charge on any atom is -0.355 e. The predicted molar refractivity (Wildman–Crippen MR) is 132 cm³/mol. The van der Waals surface area contributed by atoms with Crippen molar-refractivity contribution in [1.82, 2.24) is 10.2 Å². The molecule has 0 radical (unpaired) electrons. The van der Waals surface area contributed by atoms with Gasteiger partial charge in [-0.15, -0.1) is 0 Å². The van der Waals surface area contributed by atoms with Crippen molar-refractivity contribution in [3.8, 4) is 0 Å². The lowest BCUT2D eigenvalue weighted by atomic mass is 10.00. The summed E-state index contributed by atoms with van der Waals surface area (Å²) in [5.74, 6) is -0.236. The highest BCUT2D eigenvalue weighted by Crippen LogP contribution is 2.25. The van der Waals surface area contributed by atoms with E-state index in [4.69, 9.17) is 23.2 Å². The molecule has 6 heteroatoms. The number of nitrogens with zero attached hydrogens (tertiary/aromatic N) is 1. The van der Waals surface area contributed by atoms with Crippen LogP contribution in [0.25, 0.3) is 10.8 Å². The fourth-order valence-electron chi connectivity index (χ4n) is 3.94. The van der Waals surface area contributed by atoms with Gasteiger partial charge < -0.3 is 10.2 Å². The minimum absolute atomic E-state index is 0.0814. The zero-order valence-corrected chi connectivity index (χ0v) is 19.9. The maximum atomic E-state index is 13.4. The van der Waals surface area contributed by atoms with Gasteiger partial charge in [-0.1, -0.05) is 78.7 Å². The number of likely N-dealkylation sites (N-methyl/N-ethyl adjacent to an activating group) is 1. The maximum Gasteiger partial charge on any atom is 0.242 e. The highest BCUT2D eigenvalue weighted by atomic mass is 35.5. The molecule has 3 aromatic carbocycles. The number of halogens is 2. The van der Waals surface area contributed by atoms with Crippen LogP contribution < -0.4 is 5.32 Å². The Bertz CT molecular complexity index is 1090. The molecule has 0 aliphatic heterocycles. The molecule has 0 heterocycles. The molecule has 0 unspecified atom stereocenters. The van der Waals surface area contributed by atoms with E-state index in [1.165, 1.54) is 0 Å². The van der Waals surface area contributed by atoms with Crippen LogP contribution in [0.2, 0.25) is 10.0 Å². The number of carbonyl (C=O) groups is 2. The number of fused-ring (bicyclic) bond motifs is 1. The van der Waals surface area contributed by atoms with Crippen LogP contribution in [0, 0.1) is 0 Å². The first-order valence-corrected chi connectivity index (χ1v) is 11.7. The van der Waals surface area contributed by atoms with Crippen LogP contribution in [0.3, 0.4) is 0 Å². The Labute approximate surface area is 199 Å². The lowest BCUT2D eigenvalue weighted by molar-refractivity contribution is -0.141. The van der Waals surface area contributed by atoms with Crippen molar-refractivity contribution in [3.05, 3.63) is 81.8 Å². The minimum atomic E-state index is -0.568. The number of hydrogen-bond donors (Lipinski definition) is 1. The average Bonchev–Trinajstić information content (AvgIpc) is 2.79. The average molecular weight is 471 g/mol. The van der Waals surface area contributed by atoms with Crippen molar-refractivity contribution in [2.45, 2.75) is 45.7 Å². The summed E-state index contributed by atoms with van der Waals surface area (Å²) >= 11 is 12.4. The van der Waals surface area contributed by atoms with Gasteiger partial charge in [-0.05, 0) is 53.8 Å². The van der Waals surface area contributed by atoms with Crippen LogP contribution in [0.4, 0.5) is 0 Å². The fraction of sp³-hybridized carbons (Fsp3) is 0.308. The van der Waals surface area contributed by atoms with Crippen molar-refractivity contribution in [2.75, 3.05) is 6.54 Å². The van der Waals surface area contributed by atoms with Gasteiger partial charge in [0.25, 0.3) is 0 Å². The Morgan fingerprint density at radius 3 is 2.44 bits per heavy atom. The summed E-state index contributed by atoms with van der Waals surface area (Å²) in [6, 6.07) is 18.9. The van der Waals surface area contributed by atoms with Crippen LogP contribution in [0.1, 0.15) is 37.8 Å². The largest absolute Gasteiger partial charge is 0.355 e. The molecule has 3 aromatic rings. The molecule has 0 aliphatic carbocycles. The second-order valence-corrected chi connectivity index (χ2v) is 8.56. The molecule has 168 valence electrons. The number of rotatable bonds is 9. The van der Waals surface area contributed by atoms with E-state index in [-0.39, 0.29) is 18.4 Å². The number of amides is 2. The van der Waals surface area contributed by atoms with E-state index in [0.29, 0.717) is 35.9 Å². The standard InChI is InChI=1S/C26H28Cl2N2O2/c1-3-24(26(32)29-4-2)30(17-20-12-14-21(27)16-23(20)28)25(31)15-13-19-10-7-9-18-8-5-6-11-22(18)19/h5-12,14,16,24H,3-4,13,15,17H2,1-2H3,(H,29,32)/t24-/m0/s1. The molecule has 1 atom stereocenters. The normalized spacial score (nSPS) is 11.9. The number of nitrogens with one attached hydrogen (secondary N) is 1. The Morgan fingerprint density at radius 1 is 0.969 bits per heavy atom. The van der Waals surface area contributed by atoms with Crippen LogP contribution in [0.15, 0.2) is 60.7 Å². The van der Waals surface area contributed by atoms with E-state index in [0.717, 1.165) is 21.9 Å². The van der Waals surface area contributed by atoms with Gasteiger partial charge in [0.05, 0.1) is 0 Å². The first-order chi connectivity index (χ1) is 15.4. The molecule has 1 N–H and O–H groups in total. The maximum absolute atomic E-state index is 13.4. The van der Waals surface area contributed by atoms with Gasteiger partial charge in [0.1, 0.15) is 6.04 Å². The molecule has 0 saturated heterocycles. The lowest BCUT2D eigenvalue weighted by Crippen LogP contribution is -2.49. The van der Waals surface area contributed by atoms with E-state index >= 15 is 0 Å². The molecule has 0 bridgehead atoms. The van der Waals surface area contributed by atoms with Crippen molar-refractivity contribution >= 4 is 45.8 Å². The molecule has 2 amide bonds. The number of carbonyl (C=O) groups excluding carboxylic acids is 2. The monoisotopic (exact) mass is 470 g/mol. The summed E-state index contributed by atoms with van der Waals surface area (Å²) in [5, 5.41) is 6.16. The molecule has 4 nitrogen and oxygen atoms in total. The van der Waals surface area contributed by atoms with E-state index in [1.54, 1.807) is 23.1 Å². The third-order valence-electron chi connectivity index (χ3n) is 5.58. The van der Waals surface area contributed by atoms with Crippen molar-refractivity contribution < 1.29 is 9.59 Å². The zero-order valence-electron chi connectivity index (χ0n) is 18.4. The van der Waals surface area contributed by atoms with Crippen molar-refractivity contribution in [3.63, 3.8) is 0 Å². The predicted octanol–water partition coefficient (Wildman–Crippen LogP) is 6.02. The molecule has 0 saturated carbocycles. The molecule has 0 aliphatic rings. The Morgan fingerprint density at radius 2 is 1.72 bits per heavy atom. The molecular formula is C26H28Cl2N2O2. The number of hydrogen-bond acceptors (Lipinski definition) is 2. The number of aryl methyl sites for hydroxylation is 1. The van der Waals surface area contributed by atoms with Gasteiger partial charge in [-0.25, -0.2) is 0 Å². The molecule has 0 spiro atoms. The van der Waals surface area contributed by atoms with Crippen LogP contribution >= 0.6 is 23.2 Å². The quantitative estimate of drug-likeness (QED) is 0.415. The summed E-state index contributed by atoms with van der Waals surface area (Å²) in [5.41, 5.74) is 1.88. The molecule has 32 heavy (non-hydrogen) atoms. The Balaban J connectivity index is 1.85. The van der Waals surface area contributed by atoms with Gasteiger partial charge >= 0.3 is 0 Å². The Kier molecular flexibility index (Phi) is 8.54. The number of benzene rings is 3. The zero-order chi connectivity index (χ0) is 23.1. The third kappa shape index (κ3) is 5.81. The molecule has 3 rings (SSSR count). The van der Waals surface area contributed by atoms with Gasteiger partial charge in [-0.3, -0.25) is 9.59 Å². The first kappa shape index (κ1) is 24.1.